The summed E-state index contributed by atoms with van der Waals surface area (Å²) in [6.45, 7) is 3.44. The van der Waals surface area contributed by atoms with E-state index in [0.717, 1.165) is 23.9 Å². The Morgan fingerprint density at radius 3 is 2.90 bits per heavy atom. The molecule has 2 aromatic rings. The van der Waals surface area contributed by atoms with Crippen LogP contribution in [0.5, 0.6) is 11.5 Å². The molecule has 20 heavy (non-hydrogen) atoms. The lowest BCUT2D eigenvalue weighted by Crippen LogP contribution is -2.42. The van der Waals surface area contributed by atoms with Crippen molar-refractivity contribution in [1.82, 2.24) is 14.9 Å². The number of aryl methyl sites for hydroxylation is 1. The molecule has 0 spiro atoms. The van der Waals surface area contributed by atoms with Gasteiger partial charge in [0.25, 0.3) is 0 Å². The van der Waals surface area contributed by atoms with Gasteiger partial charge in [-0.25, -0.2) is 4.98 Å². The Morgan fingerprint density at radius 1 is 1.40 bits per heavy atom. The third-order valence-electron chi connectivity index (χ3n) is 3.46. The molecular weight excluding hydrogens is 254 g/mol. The quantitative estimate of drug-likeness (QED) is 0.924. The SMILES string of the molecule is CCNC(c1nccn1C)C1COc2ccccc2O1. The van der Waals surface area contributed by atoms with Crippen LogP contribution in [0.25, 0.3) is 0 Å². The maximum absolute atomic E-state index is 6.08. The van der Waals surface area contributed by atoms with Gasteiger partial charge in [-0.05, 0) is 18.7 Å². The molecule has 1 aliphatic rings. The molecular formula is C15H19N3O2. The maximum Gasteiger partial charge on any atom is 0.161 e. The van der Waals surface area contributed by atoms with Crippen LogP contribution in [-0.4, -0.2) is 28.8 Å². The Balaban J connectivity index is 1.85. The summed E-state index contributed by atoms with van der Waals surface area (Å²) < 4.78 is 13.9. The molecule has 1 aromatic carbocycles. The Labute approximate surface area is 118 Å². The van der Waals surface area contributed by atoms with Crippen LogP contribution in [0.1, 0.15) is 18.8 Å². The number of rotatable bonds is 4. The zero-order valence-corrected chi connectivity index (χ0v) is 11.7. The molecule has 0 bridgehead atoms. The zero-order chi connectivity index (χ0) is 13.9. The molecule has 0 saturated carbocycles. The first-order valence-electron chi connectivity index (χ1n) is 6.88. The lowest BCUT2D eigenvalue weighted by Gasteiger charge is -2.32. The van der Waals surface area contributed by atoms with Crippen molar-refractivity contribution < 1.29 is 9.47 Å². The third-order valence-corrected chi connectivity index (χ3v) is 3.46. The standard InChI is InChI=1S/C15H19N3O2/c1-3-16-14(15-17-8-9-18(15)2)13-10-19-11-6-4-5-7-12(11)20-13/h4-9,13-14,16H,3,10H2,1-2H3. The molecule has 2 unspecified atom stereocenters. The molecule has 0 fully saturated rings. The number of benzene rings is 1. The molecule has 2 heterocycles. The lowest BCUT2D eigenvalue weighted by atomic mass is 10.1. The van der Waals surface area contributed by atoms with Crippen LogP contribution in [0.15, 0.2) is 36.7 Å². The predicted octanol–water partition coefficient (Wildman–Crippen LogP) is 1.91. The minimum Gasteiger partial charge on any atom is -0.486 e. The van der Waals surface area contributed by atoms with Gasteiger partial charge in [0.1, 0.15) is 18.5 Å². The lowest BCUT2D eigenvalue weighted by molar-refractivity contribution is 0.0590. The summed E-state index contributed by atoms with van der Waals surface area (Å²) in [5.74, 6) is 2.56. The van der Waals surface area contributed by atoms with E-state index in [1.54, 1.807) is 6.20 Å². The number of hydrogen-bond donors (Lipinski definition) is 1. The Hall–Kier alpha value is -2.01. The van der Waals surface area contributed by atoms with E-state index >= 15 is 0 Å². The molecule has 0 saturated heterocycles. The molecule has 1 aliphatic heterocycles. The van der Waals surface area contributed by atoms with Crippen LogP contribution in [0.2, 0.25) is 0 Å². The molecule has 5 heteroatoms. The van der Waals surface area contributed by atoms with Crippen molar-refractivity contribution >= 4 is 0 Å². The van der Waals surface area contributed by atoms with Gasteiger partial charge in [0.15, 0.2) is 17.6 Å². The van der Waals surface area contributed by atoms with Gasteiger partial charge < -0.3 is 19.4 Å². The van der Waals surface area contributed by atoms with Crippen LogP contribution in [0, 0.1) is 0 Å². The molecule has 106 valence electrons. The molecule has 5 nitrogen and oxygen atoms in total. The number of likely N-dealkylation sites (N-methyl/N-ethyl adjacent to an activating group) is 1. The van der Waals surface area contributed by atoms with Gasteiger partial charge in [-0.1, -0.05) is 19.1 Å². The minimum atomic E-state index is -0.0917. The van der Waals surface area contributed by atoms with Gasteiger partial charge in [0, 0.05) is 19.4 Å². The number of nitrogens with one attached hydrogen (secondary N) is 1. The molecule has 0 aliphatic carbocycles. The van der Waals surface area contributed by atoms with Gasteiger partial charge in [0.2, 0.25) is 0 Å². The molecule has 2 atom stereocenters. The molecule has 3 rings (SSSR count). The van der Waals surface area contributed by atoms with Crippen molar-refractivity contribution in [2.45, 2.75) is 19.1 Å². The van der Waals surface area contributed by atoms with Crippen LogP contribution in [0.4, 0.5) is 0 Å². The van der Waals surface area contributed by atoms with Crippen molar-refractivity contribution in [2.75, 3.05) is 13.2 Å². The first-order chi connectivity index (χ1) is 9.79. The number of fused-ring (bicyclic) bond motifs is 1. The molecule has 0 amide bonds. The average molecular weight is 273 g/mol. The number of ether oxygens (including phenoxy) is 2. The van der Waals surface area contributed by atoms with Gasteiger partial charge >= 0.3 is 0 Å². The second kappa shape index (κ2) is 5.54. The molecule has 0 radical (unpaired) electrons. The fraction of sp³-hybridized carbons (Fsp3) is 0.400. The summed E-state index contributed by atoms with van der Waals surface area (Å²) in [5, 5.41) is 3.44. The van der Waals surface area contributed by atoms with E-state index < -0.39 is 0 Å². The highest BCUT2D eigenvalue weighted by Gasteiger charge is 2.31. The monoisotopic (exact) mass is 273 g/mol. The van der Waals surface area contributed by atoms with Crippen LogP contribution >= 0.6 is 0 Å². The van der Waals surface area contributed by atoms with E-state index in [1.807, 2.05) is 42.1 Å². The van der Waals surface area contributed by atoms with Crippen molar-refractivity contribution in [3.63, 3.8) is 0 Å². The van der Waals surface area contributed by atoms with Gasteiger partial charge in [-0.15, -0.1) is 0 Å². The minimum absolute atomic E-state index is 0.00774. The normalized spacial score (nSPS) is 18.8. The summed E-state index contributed by atoms with van der Waals surface area (Å²) in [6, 6.07) is 7.77. The zero-order valence-electron chi connectivity index (χ0n) is 11.7. The Morgan fingerprint density at radius 2 is 2.20 bits per heavy atom. The number of aromatic nitrogens is 2. The van der Waals surface area contributed by atoms with E-state index in [-0.39, 0.29) is 12.1 Å². The first-order valence-corrected chi connectivity index (χ1v) is 6.88. The summed E-state index contributed by atoms with van der Waals surface area (Å²) >= 11 is 0. The first kappa shape index (κ1) is 13.0. The van der Waals surface area contributed by atoms with Gasteiger partial charge in [-0.3, -0.25) is 0 Å². The smallest absolute Gasteiger partial charge is 0.161 e. The summed E-state index contributed by atoms with van der Waals surface area (Å²) in [7, 11) is 1.99. The van der Waals surface area contributed by atoms with Gasteiger partial charge in [-0.2, -0.15) is 0 Å². The number of imidazole rings is 1. The van der Waals surface area contributed by atoms with E-state index in [1.165, 1.54) is 0 Å². The Kier molecular flexibility index (Phi) is 3.60. The van der Waals surface area contributed by atoms with E-state index in [2.05, 4.69) is 17.2 Å². The highest BCUT2D eigenvalue weighted by molar-refractivity contribution is 5.41. The number of nitrogens with zero attached hydrogens (tertiary/aromatic N) is 2. The van der Waals surface area contributed by atoms with Crippen molar-refractivity contribution in [2.24, 2.45) is 7.05 Å². The van der Waals surface area contributed by atoms with Crippen molar-refractivity contribution in [3.05, 3.63) is 42.5 Å². The Bertz CT molecular complexity index is 582. The highest BCUT2D eigenvalue weighted by Crippen LogP contribution is 2.33. The fourth-order valence-corrected chi connectivity index (χ4v) is 2.49. The summed E-state index contributed by atoms with van der Waals surface area (Å²) in [4.78, 5) is 4.43. The average Bonchev–Trinajstić information content (AvgIpc) is 2.90. The predicted molar refractivity (Wildman–Crippen MR) is 76.0 cm³/mol. The third kappa shape index (κ3) is 2.36. The van der Waals surface area contributed by atoms with Gasteiger partial charge in [0.05, 0.1) is 0 Å². The summed E-state index contributed by atoms with van der Waals surface area (Å²) in [6.07, 6.45) is 3.65. The van der Waals surface area contributed by atoms with E-state index in [9.17, 15) is 0 Å². The van der Waals surface area contributed by atoms with E-state index in [4.69, 9.17) is 9.47 Å². The van der Waals surface area contributed by atoms with E-state index in [0.29, 0.717) is 6.61 Å². The molecule has 1 N–H and O–H groups in total. The van der Waals surface area contributed by atoms with Crippen LogP contribution < -0.4 is 14.8 Å². The topological polar surface area (TPSA) is 48.3 Å². The highest BCUT2D eigenvalue weighted by atomic mass is 16.6. The van der Waals surface area contributed by atoms with Crippen LogP contribution in [0.3, 0.4) is 0 Å². The van der Waals surface area contributed by atoms with Crippen molar-refractivity contribution in [3.8, 4) is 11.5 Å². The molecule has 1 aromatic heterocycles. The van der Waals surface area contributed by atoms with Crippen molar-refractivity contribution in [1.29, 1.82) is 0 Å². The largest absolute Gasteiger partial charge is 0.486 e. The maximum atomic E-state index is 6.08. The van der Waals surface area contributed by atoms with Crippen LogP contribution in [-0.2, 0) is 7.05 Å². The fourth-order valence-electron chi connectivity index (χ4n) is 2.49. The summed E-state index contributed by atoms with van der Waals surface area (Å²) in [5.41, 5.74) is 0. The second-order valence-corrected chi connectivity index (χ2v) is 4.85. The number of para-hydroxylation sites is 2. The second-order valence-electron chi connectivity index (χ2n) is 4.85. The number of hydrogen-bond acceptors (Lipinski definition) is 4.